The van der Waals surface area contributed by atoms with Crippen LogP contribution in [0.25, 0.3) is 22.5 Å². The fraction of sp³-hybridized carbons (Fsp3) is 0.414. The quantitative estimate of drug-likeness (QED) is 0.412. The molecular formula is C29H35N3O5. The summed E-state index contributed by atoms with van der Waals surface area (Å²) in [4.78, 5) is 26.3. The summed E-state index contributed by atoms with van der Waals surface area (Å²) in [5, 5.41) is 27.8. The molecule has 4 rings (SSSR count). The average Bonchev–Trinajstić information content (AvgIpc) is 3.30. The van der Waals surface area contributed by atoms with Crippen molar-refractivity contribution in [1.29, 1.82) is 0 Å². The van der Waals surface area contributed by atoms with E-state index in [1.54, 1.807) is 13.0 Å². The SMILES string of the molecule is CCNC(=O)c1noc(-c2cc(C(C)C)c(O)cc2O)c1-c1ccc(CC2CCN(C(C)=O)CC2)cc1. The van der Waals surface area contributed by atoms with E-state index in [4.69, 9.17) is 4.52 Å². The van der Waals surface area contributed by atoms with Crippen LogP contribution in [0.3, 0.4) is 0 Å². The van der Waals surface area contributed by atoms with Gasteiger partial charge in [0, 0.05) is 32.6 Å². The molecule has 1 aliphatic rings. The third-order valence-electron chi connectivity index (χ3n) is 7.08. The van der Waals surface area contributed by atoms with Gasteiger partial charge in [-0.15, -0.1) is 0 Å². The number of benzene rings is 2. The second-order valence-corrected chi connectivity index (χ2v) is 10.0. The van der Waals surface area contributed by atoms with E-state index in [1.807, 2.05) is 49.9 Å². The first-order valence-electron chi connectivity index (χ1n) is 12.9. The first-order valence-corrected chi connectivity index (χ1v) is 12.9. The highest BCUT2D eigenvalue weighted by Gasteiger charge is 2.27. The maximum atomic E-state index is 12.8. The first kappa shape index (κ1) is 26.3. The van der Waals surface area contributed by atoms with E-state index in [0.717, 1.165) is 37.9 Å². The molecule has 0 aliphatic carbocycles. The van der Waals surface area contributed by atoms with Crippen LogP contribution in [-0.2, 0) is 11.2 Å². The normalized spacial score (nSPS) is 14.2. The van der Waals surface area contributed by atoms with Crippen molar-refractivity contribution in [2.24, 2.45) is 5.92 Å². The number of amides is 2. The van der Waals surface area contributed by atoms with Crippen molar-refractivity contribution in [3.05, 3.63) is 53.2 Å². The number of aromatic nitrogens is 1. The Balaban J connectivity index is 1.67. The number of nitrogens with zero attached hydrogens (tertiary/aromatic N) is 2. The molecular weight excluding hydrogens is 470 g/mol. The number of carbonyl (C=O) groups is 2. The smallest absolute Gasteiger partial charge is 0.274 e. The highest BCUT2D eigenvalue weighted by Crippen LogP contribution is 2.43. The average molecular weight is 506 g/mol. The van der Waals surface area contributed by atoms with Crippen LogP contribution in [-0.4, -0.2) is 51.7 Å². The summed E-state index contributed by atoms with van der Waals surface area (Å²) >= 11 is 0. The van der Waals surface area contributed by atoms with Gasteiger partial charge in [-0.1, -0.05) is 43.3 Å². The Morgan fingerprint density at radius 1 is 1.11 bits per heavy atom. The lowest BCUT2D eigenvalue weighted by molar-refractivity contribution is -0.130. The lowest BCUT2D eigenvalue weighted by Crippen LogP contribution is -2.37. The molecule has 0 spiro atoms. The Morgan fingerprint density at radius 2 is 1.78 bits per heavy atom. The molecule has 1 aliphatic heterocycles. The molecule has 0 atom stereocenters. The summed E-state index contributed by atoms with van der Waals surface area (Å²) in [6, 6.07) is 11.0. The second-order valence-electron chi connectivity index (χ2n) is 10.0. The van der Waals surface area contributed by atoms with Crippen LogP contribution in [0, 0.1) is 5.92 Å². The highest BCUT2D eigenvalue weighted by atomic mass is 16.5. The maximum absolute atomic E-state index is 12.8. The molecule has 0 bridgehead atoms. The molecule has 3 aromatic rings. The minimum atomic E-state index is -0.365. The number of phenolic OH excluding ortho intramolecular Hbond substituents is 2. The van der Waals surface area contributed by atoms with Crippen LogP contribution in [0.4, 0.5) is 0 Å². The molecule has 0 unspecified atom stereocenters. The lowest BCUT2D eigenvalue weighted by Gasteiger charge is -2.31. The van der Waals surface area contributed by atoms with Gasteiger partial charge >= 0.3 is 0 Å². The number of nitrogens with one attached hydrogen (secondary N) is 1. The van der Waals surface area contributed by atoms with Gasteiger partial charge in [-0.05, 0) is 60.8 Å². The van der Waals surface area contributed by atoms with Crippen molar-refractivity contribution < 1.29 is 24.3 Å². The predicted octanol–water partition coefficient (Wildman–Crippen LogP) is 5.09. The fourth-order valence-electron chi connectivity index (χ4n) is 4.97. The molecule has 2 aromatic carbocycles. The molecule has 0 saturated carbocycles. The van der Waals surface area contributed by atoms with Crippen LogP contribution in [0.15, 0.2) is 40.9 Å². The zero-order valence-electron chi connectivity index (χ0n) is 21.9. The Kier molecular flexibility index (Phi) is 7.86. The molecule has 0 radical (unpaired) electrons. The standard InChI is InChI=1S/C29H35N3O5/c1-5-30-29(36)27-26(28(37-31-27)23-15-22(17(2)3)24(34)16-25(23)35)21-8-6-19(7-9-21)14-20-10-12-32(13-11-20)18(4)33/h6-9,15-17,20,34-35H,5,10-14H2,1-4H3,(H,30,36). The van der Waals surface area contributed by atoms with Gasteiger partial charge in [0.2, 0.25) is 5.91 Å². The number of hydrogen-bond acceptors (Lipinski definition) is 6. The number of carbonyl (C=O) groups excluding carboxylic acids is 2. The lowest BCUT2D eigenvalue weighted by atomic mass is 9.89. The van der Waals surface area contributed by atoms with Gasteiger partial charge in [-0.2, -0.15) is 0 Å². The molecule has 1 aromatic heterocycles. The number of hydrogen-bond donors (Lipinski definition) is 3. The molecule has 3 N–H and O–H groups in total. The predicted molar refractivity (Wildman–Crippen MR) is 141 cm³/mol. The van der Waals surface area contributed by atoms with Crippen molar-refractivity contribution in [3.63, 3.8) is 0 Å². The van der Waals surface area contributed by atoms with Crippen molar-refractivity contribution in [2.45, 2.75) is 52.9 Å². The Bertz CT molecular complexity index is 1270. The summed E-state index contributed by atoms with van der Waals surface area (Å²) in [5.41, 5.74) is 3.56. The van der Waals surface area contributed by atoms with Gasteiger partial charge in [0.1, 0.15) is 11.5 Å². The van der Waals surface area contributed by atoms with Gasteiger partial charge in [0.15, 0.2) is 11.5 Å². The number of phenols is 2. The van der Waals surface area contributed by atoms with Crippen molar-refractivity contribution in [1.82, 2.24) is 15.4 Å². The van der Waals surface area contributed by atoms with E-state index >= 15 is 0 Å². The third kappa shape index (κ3) is 5.63. The van der Waals surface area contributed by atoms with Crippen molar-refractivity contribution in [3.8, 4) is 33.9 Å². The summed E-state index contributed by atoms with van der Waals surface area (Å²) in [5.74, 6) is 0.406. The van der Waals surface area contributed by atoms with E-state index in [9.17, 15) is 19.8 Å². The van der Waals surface area contributed by atoms with E-state index in [-0.39, 0.29) is 40.7 Å². The molecule has 1 saturated heterocycles. The van der Waals surface area contributed by atoms with E-state index in [2.05, 4.69) is 10.5 Å². The topological polar surface area (TPSA) is 116 Å². The first-order chi connectivity index (χ1) is 17.7. The monoisotopic (exact) mass is 505 g/mol. The van der Waals surface area contributed by atoms with Gasteiger partial charge in [0.25, 0.3) is 5.91 Å². The zero-order chi connectivity index (χ0) is 26.7. The molecule has 2 heterocycles. The highest BCUT2D eigenvalue weighted by molar-refractivity contribution is 6.02. The second kappa shape index (κ2) is 11.1. The number of piperidine rings is 1. The van der Waals surface area contributed by atoms with Crippen LogP contribution in [0.2, 0.25) is 0 Å². The number of rotatable bonds is 7. The fourth-order valence-corrected chi connectivity index (χ4v) is 4.97. The van der Waals surface area contributed by atoms with E-state index < -0.39 is 0 Å². The van der Waals surface area contributed by atoms with E-state index in [0.29, 0.717) is 29.2 Å². The van der Waals surface area contributed by atoms with Crippen LogP contribution < -0.4 is 5.32 Å². The Morgan fingerprint density at radius 3 is 2.38 bits per heavy atom. The number of aromatic hydroxyl groups is 2. The number of likely N-dealkylation sites (tertiary alicyclic amines) is 1. The Labute approximate surface area is 217 Å². The van der Waals surface area contributed by atoms with Gasteiger partial charge in [0.05, 0.1) is 11.1 Å². The summed E-state index contributed by atoms with van der Waals surface area (Å²) < 4.78 is 5.66. The van der Waals surface area contributed by atoms with Gasteiger partial charge in [-0.25, -0.2) is 0 Å². The molecule has 37 heavy (non-hydrogen) atoms. The van der Waals surface area contributed by atoms with Crippen LogP contribution >= 0.6 is 0 Å². The summed E-state index contributed by atoms with van der Waals surface area (Å²) in [7, 11) is 0. The van der Waals surface area contributed by atoms with Crippen LogP contribution in [0.1, 0.15) is 68.1 Å². The zero-order valence-corrected chi connectivity index (χ0v) is 21.9. The molecule has 196 valence electrons. The van der Waals surface area contributed by atoms with Gasteiger partial charge in [-0.3, -0.25) is 9.59 Å². The minimum absolute atomic E-state index is 0.000228. The minimum Gasteiger partial charge on any atom is -0.508 e. The molecule has 1 fully saturated rings. The molecule has 2 amide bonds. The molecule has 8 nitrogen and oxygen atoms in total. The summed E-state index contributed by atoms with van der Waals surface area (Å²) in [6.45, 7) is 9.37. The van der Waals surface area contributed by atoms with E-state index in [1.165, 1.54) is 11.6 Å². The van der Waals surface area contributed by atoms with Crippen molar-refractivity contribution in [2.75, 3.05) is 19.6 Å². The summed E-state index contributed by atoms with van der Waals surface area (Å²) in [6.07, 6.45) is 2.88. The van der Waals surface area contributed by atoms with Crippen LogP contribution in [0.5, 0.6) is 11.5 Å². The van der Waals surface area contributed by atoms with Gasteiger partial charge < -0.3 is 25.0 Å². The maximum Gasteiger partial charge on any atom is 0.274 e. The third-order valence-corrected chi connectivity index (χ3v) is 7.08. The van der Waals surface area contributed by atoms with Crippen molar-refractivity contribution >= 4 is 11.8 Å². The molecule has 8 heteroatoms. The largest absolute Gasteiger partial charge is 0.508 e. The Hall–Kier alpha value is -3.81.